The Morgan fingerprint density at radius 1 is 1.14 bits per heavy atom. The van der Waals surface area contributed by atoms with Crippen LogP contribution in [0.25, 0.3) is 10.8 Å². The zero-order chi connectivity index (χ0) is 10.1. The van der Waals surface area contributed by atoms with Gasteiger partial charge in [-0.2, -0.15) is 0 Å². The Morgan fingerprint density at radius 2 is 1.86 bits per heavy atom. The van der Waals surface area contributed by atoms with Gasteiger partial charge < -0.3 is 4.89 Å². The van der Waals surface area contributed by atoms with Gasteiger partial charge in [-0.05, 0) is 23.3 Å². The molecule has 0 bridgehead atoms. The first-order valence-corrected chi connectivity index (χ1v) is 5.77. The van der Waals surface area contributed by atoms with Crippen LogP contribution in [0.4, 0.5) is 0 Å². The molecule has 1 N–H and O–H groups in total. The van der Waals surface area contributed by atoms with E-state index in [1.54, 1.807) is 0 Å². The highest BCUT2D eigenvalue weighted by Gasteiger charge is 2.07. The average molecular weight is 206 g/mol. The molecule has 0 saturated carbocycles. The minimum atomic E-state index is -2.62. The maximum absolute atomic E-state index is 11.2. The summed E-state index contributed by atoms with van der Waals surface area (Å²) < 4.78 is 11.2. The molecule has 2 nitrogen and oxygen atoms in total. The molecule has 1 atom stereocenters. The zero-order valence-electron chi connectivity index (χ0n) is 7.82. The van der Waals surface area contributed by atoms with Crippen molar-refractivity contribution >= 4 is 24.1 Å². The van der Waals surface area contributed by atoms with Crippen molar-refractivity contribution in [3.8, 4) is 0 Å². The fraction of sp³-hybridized carbons (Fsp3) is 0.0909. The lowest BCUT2D eigenvalue weighted by Gasteiger charge is -2.06. The van der Waals surface area contributed by atoms with Crippen molar-refractivity contribution in [2.75, 3.05) is 0 Å². The molecule has 0 aliphatic carbocycles. The van der Waals surface area contributed by atoms with E-state index in [2.05, 4.69) is 0 Å². The number of rotatable bonds is 1. The molecule has 0 radical (unpaired) electrons. The van der Waals surface area contributed by atoms with Crippen LogP contribution in [-0.2, 0) is 4.57 Å². The molecule has 0 aromatic heterocycles. The lowest BCUT2D eigenvalue weighted by Crippen LogP contribution is -2.02. The molecule has 0 spiro atoms. The van der Waals surface area contributed by atoms with Crippen LogP contribution >= 0.6 is 8.03 Å². The van der Waals surface area contributed by atoms with Gasteiger partial charge in [-0.1, -0.05) is 36.4 Å². The van der Waals surface area contributed by atoms with Gasteiger partial charge in [0.2, 0.25) is 8.03 Å². The maximum atomic E-state index is 11.2. The van der Waals surface area contributed by atoms with Crippen LogP contribution in [0.2, 0.25) is 0 Å². The molecule has 1 unspecified atom stereocenters. The lowest BCUT2D eigenvalue weighted by atomic mass is 10.1. The molecule has 0 heterocycles. The monoisotopic (exact) mass is 206 g/mol. The third-order valence-corrected chi connectivity index (χ3v) is 3.44. The molecule has 14 heavy (non-hydrogen) atoms. The van der Waals surface area contributed by atoms with Crippen LogP contribution in [0.3, 0.4) is 0 Å². The predicted octanol–water partition coefficient (Wildman–Crippen LogP) is 2.24. The molecular formula is C11H11O2P. The van der Waals surface area contributed by atoms with Gasteiger partial charge in [0.05, 0.1) is 0 Å². The minimum Gasteiger partial charge on any atom is -0.343 e. The molecule has 0 aliphatic rings. The third-order valence-electron chi connectivity index (χ3n) is 2.35. The van der Waals surface area contributed by atoms with Crippen LogP contribution in [0.1, 0.15) is 5.56 Å². The normalized spacial score (nSPS) is 13.0. The van der Waals surface area contributed by atoms with Crippen LogP contribution in [0.5, 0.6) is 0 Å². The molecule has 0 fully saturated rings. The van der Waals surface area contributed by atoms with Gasteiger partial charge in [0.15, 0.2) is 0 Å². The molecule has 0 saturated heterocycles. The topological polar surface area (TPSA) is 37.3 Å². The van der Waals surface area contributed by atoms with Gasteiger partial charge in [-0.25, -0.2) is 0 Å². The summed E-state index contributed by atoms with van der Waals surface area (Å²) in [5, 5.41) is 2.49. The highest BCUT2D eigenvalue weighted by atomic mass is 31.1. The smallest absolute Gasteiger partial charge is 0.219 e. The highest BCUT2D eigenvalue weighted by molar-refractivity contribution is 7.48. The van der Waals surface area contributed by atoms with Crippen molar-refractivity contribution in [2.24, 2.45) is 0 Å². The number of benzene rings is 2. The number of fused-ring (bicyclic) bond motifs is 1. The molecule has 0 aliphatic heterocycles. The van der Waals surface area contributed by atoms with E-state index in [0.717, 1.165) is 16.3 Å². The summed E-state index contributed by atoms with van der Waals surface area (Å²) >= 11 is 0. The zero-order valence-corrected chi connectivity index (χ0v) is 8.82. The Bertz CT molecular complexity index is 506. The van der Waals surface area contributed by atoms with E-state index < -0.39 is 8.03 Å². The van der Waals surface area contributed by atoms with Crippen molar-refractivity contribution in [1.82, 2.24) is 0 Å². The second-order valence-electron chi connectivity index (χ2n) is 3.28. The SMILES string of the molecule is Cc1ccc2ccccc2c1[PH](=O)O. The van der Waals surface area contributed by atoms with Crippen LogP contribution in [-0.4, -0.2) is 4.89 Å². The van der Waals surface area contributed by atoms with Gasteiger partial charge in [-0.15, -0.1) is 0 Å². The summed E-state index contributed by atoms with van der Waals surface area (Å²) in [5.41, 5.74) is 0.884. The van der Waals surface area contributed by atoms with Crippen molar-refractivity contribution in [2.45, 2.75) is 6.92 Å². The van der Waals surface area contributed by atoms with Crippen LogP contribution < -0.4 is 5.30 Å². The summed E-state index contributed by atoms with van der Waals surface area (Å²) in [5.74, 6) is 0. The quantitative estimate of drug-likeness (QED) is 0.726. The molecule has 2 rings (SSSR count). The fourth-order valence-electron chi connectivity index (χ4n) is 1.66. The number of hydrogen-bond donors (Lipinski definition) is 1. The second kappa shape index (κ2) is 3.56. The Morgan fingerprint density at radius 3 is 2.57 bits per heavy atom. The average Bonchev–Trinajstić information content (AvgIpc) is 2.17. The van der Waals surface area contributed by atoms with Crippen LogP contribution in [0, 0.1) is 6.92 Å². The van der Waals surface area contributed by atoms with Gasteiger partial charge in [0.25, 0.3) is 0 Å². The van der Waals surface area contributed by atoms with Crippen molar-refractivity contribution in [3.63, 3.8) is 0 Å². The molecule has 72 valence electrons. The van der Waals surface area contributed by atoms with E-state index in [1.807, 2.05) is 43.3 Å². The van der Waals surface area contributed by atoms with E-state index in [-0.39, 0.29) is 0 Å². The minimum absolute atomic E-state index is 0.591. The molecule has 2 aromatic rings. The maximum Gasteiger partial charge on any atom is 0.219 e. The number of hydrogen-bond acceptors (Lipinski definition) is 1. The Hall–Kier alpha value is -1.11. The van der Waals surface area contributed by atoms with Crippen molar-refractivity contribution in [1.29, 1.82) is 0 Å². The van der Waals surface area contributed by atoms with E-state index in [4.69, 9.17) is 0 Å². The first kappa shape index (κ1) is 9.45. The fourth-order valence-corrected chi connectivity index (χ4v) is 2.54. The summed E-state index contributed by atoms with van der Waals surface area (Å²) in [6.07, 6.45) is 0. The van der Waals surface area contributed by atoms with Gasteiger partial charge >= 0.3 is 0 Å². The van der Waals surface area contributed by atoms with E-state index in [0.29, 0.717) is 5.30 Å². The molecule has 3 heteroatoms. The Labute approximate surface area is 83.1 Å². The molecule has 0 amide bonds. The van der Waals surface area contributed by atoms with Crippen LogP contribution in [0.15, 0.2) is 36.4 Å². The van der Waals surface area contributed by atoms with E-state index >= 15 is 0 Å². The standard InChI is InChI=1S/C11H11O2P/c1-8-6-7-9-4-2-3-5-10(9)11(8)14(12)13/h2-7,14H,1H3,(H,12,13). The van der Waals surface area contributed by atoms with E-state index in [9.17, 15) is 9.46 Å². The number of aryl methyl sites for hydroxylation is 1. The van der Waals surface area contributed by atoms with Crippen molar-refractivity contribution in [3.05, 3.63) is 42.0 Å². The van der Waals surface area contributed by atoms with Gasteiger partial charge in [0.1, 0.15) is 0 Å². The summed E-state index contributed by atoms with van der Waals surface area (Å²) in [6.45, 7) is 1.86. The largest absolute Gasteiger partial charge is 0.343 e. The first-order chi connectivity index (χ1) is 6.70. The third kappa shape index (κ3) is 1.47. The first-order valence-electron chi connectivity index (χ1n) is 4.42. The van der Waals surface area contributed by atoms with E-state index in [1.165, 1.54) is 0 Å². The van der Waals surface area contributed by atoms with Crippen molar-refractivity contribution < 1.29 is 9.46 Å². The predicted molar refractivity (Wildman–Crippen MR) is 59.5 cm³/mol. The molecular weight excluding hydrogens is 195 g/mol. The lowest BCUT2D eigenvalue weighted by molar-refractivity contribution is 0.513. The highest BCUT2D eigenvalue weighted by Crippen LogP contribution is 2.23. The summed E-state index contributed by atoms with van der Waals surface area (Å²) in [6, 6.07) is 11.5. The summed E-state index contributed by atoms with van der Waals surface area (Å²) in [7, 11) is -2.62. The Kier molecular flexibility index (Phi) is 2.40. The summed E-state index contributed by atoms with van der Waals surface area (Å²) in [4.78, 5) is 9.25. The molecule has 2 aromatic carbocycles. The van der Waals surface area contributed by atoms with Gasteiger partial charge in [0, 0.05) is 5.30 Å². The second-order valence-corrected chi connectivity index (χ2v) is 4.39. The van der Waals surface area contributed by atoms with Gasteiger partial charge in [-0.3, -0.25) is 4.57 Å². The Balaban J connectivity index is 2.90.